The van der Waals surface area contributed by atoms with Crippen LogP contribution in [0.2, 0.25) is 0 Å². The molecule has 9 heteroatoms. The highest BCUT2D eigenvalue weighted by molar-refractivity contribution is 7.92. The molecule has 1 aliphatic heterocycles. The summed E-state index contributed by atoms with van der Waals surface area (Å²) in [4.78, 5) is 2.22. The molecule has 1 heterocycles. The molecule has 0 saturated carbocycles. The van der Waals surface area contributed by atoms with Gasteiger partial charge in [0, 0.05) is 30.4 Å². The molecule has 0 spiro atoms. The van der Waals surface area contributed by atoms with Gasteiger partial charge < -0.3 is 19.1 Å². The summed E-state index contributed by atoms with van der Waals surface area (Å²) in [6.45, 7) is 5.39. The molecule has 1 atom stereocenters. The van der Waals surface area contributed by atoms with Gasteiger partial charge in [0.25, 0.3) is 0 Å². The van der Waals surface area contributed by atoms with Crippen LogP contribution in [0.1, 0.15) is 41.2 Å². The van der Waals surface area contributed by atoms with E-state index in [2.05, 4.69) is 27.8 Å². The Morgan fingerprint density at radius 1 is 0.857 bits per heavy atom. The fourth-order valence-electron chi connectivity index (χ4n) is 5.80. The molecule has 1 aliphatic rings. The quantitative estimate of drug-likeness (QED) is 0.134. The Labute approximate surface area is 288 Å². The topological polar surface area (TPSA) is 101 Å². The Balaban J connectivity index is 1.30. The average molecular weight is 674 g/mol. The monoisotopic (exact) mass is 673 g/mol. The third kappa shape index (κ3) is 8.60. The van der Waals surface area contributed by atoms with Crippen LogP contribution in [-0.4, -0.2) is 33.5 Å². The zero-order valence-electron chi connectivity index (χ0n) is 27.6. The predicted molar refractivity (Wildman–Crippen MR) is 193 cm³/mol. The van der Waals surface area contributed by atoms with E-state index >= 15 is 0 Å². The van der Waals surface area contributed by atoms with E-state index in [1.54, 1.807) is 13.0 Å². The molecular weight excluding hydrogens is 635 g/mol. The van der Waals surface area contributed by atoms with Gasteiger partial charge in [0.2, 0.25) is 10.0 Å². The van der Waals surface area contributed by atoms with Crippen molar-refractivity contribution < 1.29 is 22.6 Å². The molecule has 5 aromatic carbocycles. The number of nitriles is 1. The summed E-state index contributed by atoms with van der Waals surface area (Å²) in [6, 6.07) is 39.3. The molecule has 0 amide bonds. The number of benzene rings is 5. The number of nitrogens with one attached hydrogen (secondary N) is 1. The fourth-order valence-corrected chi connectivity index (χ4v) is 6.50. The molecule has 250 valence electrons. The Kier molecular flexibility index (Phi) is 10.5. The van der Waals surface area contributed by atoms with Crippen LogP contribution in [0.5, 0.6) is 17.2 Å². The minimum Gasteiger partial charge on any atom is -0.488 e. The highest BCUT2D eigenvalue weighted by Gasteiger charge is 2.20. The van der Waals surface area contributed by atoms with Crippen molar-refractivity contribution in [2.75, 3.05) is 28.6 Å². The van der Waals surface area contributed by atoms with Crippen LogP contribution in [0, 0.1) is 18.3 Å². The fraction of sp³-hybridized carbons (Fsp3) is 0.225. The van der Waals surface area contributed by atoms with Gasteiger partial charge in [-0.2, -0.15) is 5.26 Å². The van der Waals surface area contributed by atoms with Gasteiger partial charge in [0.05, 0.1) is 36.3 Å². The Morgan fingerprint density at radius 3 is 2.31 bits per heavy atom. The maximum absolute atomic E-state index is 12.6. The van der Waals surface area contributed by atoms with Crippen LogP contribution in [0.15, 0.2) is 115 Å². The number of sulfonamides is 1. The number of para-hydroxylation sites is 1. The molecule has 0 radical (unpaired) electrons. The number of anilines is 3. The Morgan fingerprint density at radius 2 is 1.57 bits per heavy atom. The van der Waals surface area contributed by atoms with Crippen molar-refractivity contribution in [2.45, 2.75) is 39.3 Å². The first-order valence-electron chi connectivity index (χ1n) is 16.4. The normalized spacial score (nSPS) is 14.2. The highest BCUT2D eigenvalue weighted by Crippen LogP contribution is 2.37. The summed E-state index contributed by atoms with van der Waals surface area (Å²) < 4.78 is 45.5. The van der Waals surface area contributed by atoms with E-state index in [9.17, 15) is 13.7 Å². The van der Waals surface area contributed by atoms with E-state index in [-0.39, 0.29) is 11.9 Å². The Bertz CT molecular complexity index is 2030. The van der Waals surface area contributed by atoms with Crippen molar-refractivity contribution in [2.24, 2.45) is 0 Å². The Hall–Kier alpha value is -5.30. The first-order valence-corrected chi connectivity index (χ1v) is 18.0. The van der Waals surface area contributed by atoms with Gasteiger partial charge in [-0.05, 0) is 97.1 Å². The number of hydrogen-bond acceptors (Lipinski definition) is 7. The zero-order chi connectivity index (χ0) is 34.2. The molecule has 1 saturated heterocycles. The van der Waals surface area contributed by atoms with Crippen LogP contribution in [0.25, 0.3) is 0 Å². The van der Waals surface area contributed by atoms with Gasteiger partial charge in [0.15, 0.2) is 0 Å². The van der Waals surface area contributed by atoms with Gasteiger partial charge >= 0.3 is 0 Å². The molecule has 6 rings (SSSR count). The molecular formula is C40H39N3O5S. The summed E-state index contributed by atoms with van der Waals surface area (Å²) in [6.07, 6.45) is 1.59. The molecule has 1 fully saturated rings. The largest absolute Gasteiger partial charge is 0.488 e. The van der Waals surface area contributed by atoms with Gasteiger partial charge in [-0.1, -0.05) is 54.6 Å². The van der Waals surface area contributed by atoms with Crippen molar-refractivity contribution in [3.05, 3.63) is 143 Å². The van der Waals surface area contributed by atoms with E-state index in [4.69, 9.17) is 14.2 Å². The van der Waals surface area contributed by atoms with Crippen molar-refractivity contribution in [1.29, 1.82) is 5.26 Å². The summed E-state index contributed by atoms with van der Waals surface area (Å²) in [5.41, 5.74) is 7.08. The third-order valence-corrected chi connectivity index (χ3v) is 9.79. The second kappa shape index (κ2) is 15.3. The van der Waals surface area contributed by atoms with Gasteiger partial charge in [-0.3, -0.25) is 4.72 Å². The van der Waals surface area contributed by atoms with Crippen LogP contribution in [-0.2, 0) is 27.7 Å². The summed E-state index contributed by atoms with van der Waals surface area (Å²) >= 11 is 0. The van der Waals surface area contributed by atoms with Gasteiger partial charge in [0.1, 0.15) is 23.4 Å². The minimum atomic E-state index is -3.47. The lowest BCUT2D eigenvalue weighted by atomic mass is 10.00. The second-order valence-corrected chi connectivity index (χ2v) is 14.0. The molecule has 8 nitrogen and oxygen atoms in total. The lowest BCUT2D eigenvalue weighted by Crippen LogP contribution is -2.21. The van der Waals surface area contributed by atoms with Gasteiger partial charge in [-0.15, -0.1) is 0 Å². The van der Waals surface area contributed by atoms with Crippen molar-refractivity contribution >= 4 is 27.1 Å². The van der Waals surface area contributed by atoms with Crippen LogP contribution in [0.4, 0.5) is 17.1 Å². The third-order valence-electron chi connectivity index (χ3n) is 8.50. The standard InChI is InChI=1S/C40H39N3O5S/c1-3-49(44,45)42-38-11-7-13-39(29(38)2)43(40-12-5-4-8-33(40)24-30-14-16-31(26-41)17-15-30)27-32-18-20-34(21-19-32)47-35-9-6-10-36(25-35)48-37-22-23-46-28-37/h4-21,25,37,42H,3,22-24,27-28H2,1-2H3. The van der Waals surface area contributed by atoms with E-state index < -0.39 is 10.0 Å². The van der Waals surface area contributed by atoms with Crippen LogP contribution in [0.3, 0.4) is 0 Å². The molecule has 0 aliphatic carbocycles. The van der Waals surface area contributed by atoms with E-state index in [1.807, 2.05) is 104 Å². The van der Waals surface area contributed by atoms with Crippen LogP contribution < -0.4 is 19.1 Å². The smallest absolute Gasteiger partial charge is 0.232 e. The van der Waals surface area contributed by atoms with E-state index in [0.717, 1.165) is 52.4 Å². The first kappa shape index (κ1) is 33.6. The maximum Gasteiger partial charge on any atom is 0.232 e. The number of ether oxygens (including phenoxy) is 3. The summed E-state index contributed by atoms with van der Waals surface area (Å²) in [7, 11) is -3.47. The van der Waals surface area contributed by atoms with E-state index in [0.29, 0.717) is 42.3 Å². The second-order valence-electron chi connectivity index (χ2n) is 12.0. The molecule has 1 unspecified atom stereocenters. The zero-order valence-corrected chi connectivity index (χ0v) is 28.5. The summed E-state index contributed by atoms with van der Waals surface area (Å²) in [5.74, 6) is 2.11. The van der Waals surface area contributed by atoms with Gasteiger partial charge in [-0.25, -0.2) is 8.42 Å². The predicted octanol–water partition coefficient (Wildman–Crippen LogP) is 8.52. The SMILES string of the molecule is CCS(=O)(=O)Nc1cccc(N(Cc2ccc(Oc3cccc(OC4CCOC4)c3)cc2)c2ccccc2Cc2ccc(C#N)cc2)c1C. The minimum absolute atomic E-state index is 0.0188. The number of hydrogen-bond donors (Lipinski definition) is 1. The lowest BCUT2D eigenvalue weighted by molar-refractivity contribution is 0.141. The van der Waals surface area contributed by atoms with Crippen molar-refractivity contribution in [3.63, 3.8) is 0 Å². The number of nitrogens with zero attached hydrogens (tertiary/aromatic N) is 2. The maximum atomic E-state index is 12.6. The molecule has 1 N–H and O–H groups in total. The molecule has 5 aromatic rings. The number of rotatable bonds is 13. The first-order chi connectivity index (χ1) is 23.8. The van der Waals surface area contributed by atoms with E-state index in [1.165, 1.54) is 0 Å². The van der Waals surface area contributed by atoms with Crippen molar-refractivity contribution in [3.8, 4) is 23.3 Å². The molecule has 0 bridgehead atoms. The molecule has 49 heavy (non-hydrogen) atoms. The molecule has 0 aromatic heterocycles. The lowest BCUT2D eigenvalue weighted by Gasteiger charge is -2.30. The average Bonchev–Trinajstić information content (AvgIpc) is 3.63. The van der Waals surface area contributed by atoms with Crippen LogP contribution >= 0.6 is 0 Å². The van der Waals surface area contributed by atoms with Crippen molar-refractivity contribution in [1.82, 2.24) is 0 Å². The summed E-state index contributed by atoms with van der Waals surface area (Å²) in [5, 5.41) is 9.27. The highest BCUT2D eigenvalue weighted by atomic mass is 32.2.